The Bertz CT molecular complexity index is 557. The standard InChI is InChI=1S/C17H23N3O/c21-17(14-4-5-16-13(11-14)6-7-18-16)20-10-9-19-8-2-1-3-15(19)12-20/h4-5,11,15,18H,1-3,6-10,12H2/t15-/m1/s1. The zero-order chi connectivity index (χ0) is 14.2. The van der Waals surface area contributed by atoms with Crippen LogP contribution in [-0.4, -0.2) is 54.5 Å². The van der Waals surface area contributed by atoms with E-state index in [2.05, 4.69) is 27.2 Å². The van der Waals surface area contributed by atoms with Crippen LogP contribution in [0.25, 0.3) is 0 Å². The highest BCUT2D eigenvalue weighted by Gasteiger charge is 2.31. The molecule has 2 fully saturated rings. The molecule has 0 aliphatic carbocycles. The van der Waals surface area contributed by atoms with Crippen LogP contribution in [0.5, 0.6) is 0 Å². The Morgan fingerprint density at radius 2 is 2.14 bits per heavy atom. The molecule has 4 heteroatoms. The molecule has 4 nitrogen and oxygen atoms in total. The Hall–Kier alpha value is -1.55. The zero-order valence-electron chi connectivity index (χ0n) is 12.5. The number of fused-ring (bicyclic) bond motifs is 2. The number of benzene rings is 1. The molecule has 0 spiro atoms. The van der Waals surface area contributed by atoms with Gasteiger partial charge in [-0.3, -0.25) is 9.69 Å². The number of carbonyl (C=O) groups excluding carboxylic acids is 1. The van der Waals surface area contributed by atoms with Gasteiger partial charge in [0.1, 0.15) is 0 Å². The van der Waals surface area contributed by atoms with Crippen LogP contribution in [-0.2, 0) is 6.42 Å². The van der Waals surface area contributed by atoms with Crippen LogP contribution in [0.15, 0.2) is 18.2 Å². The van der Waals surface area contributed by atoms with Crippen molar-refractivity contribution in [2.75, 3.05) is 38.0 Å². The third kappa shape index (κ3) is 2.42. The molecule has 0 saturated carbocycles. The molecular weight excluding hydrogens is 262 g/mol. The number of hydrogen-bond acceptors (Lipinski definition) is 3. The minimum Gasteiger partial charge on any atom is -0.384 e. The third-order valence-electron chi connectivity index (χ3n) is 5.19. The van der Waals surface area contributed by atoms with Gasteiger partial charge in [-0.15, -0.1) is 0 Å². The van der Waals surface area contributed by atoms with E-state index >= 15 is 0 Å². The van der Waals surface area contributed by atoms with E-state index in [-0.39, 0.29) is 5.91 Å². The van der Waals surface area contributed by atoms with Crippen LogP contribution in [0.2, 0.25) is 0 Å². The molecule has 4 rings (SSSR count). The predicted molar refractivity (Wildman–Crippen MR) is 83.8 cm³/mol. The third-order valence-corrected chi connectivity index (χ3v) is 5.19. The number of carbonyl (C=O) groups is 1. The summed E-state index contributed by atoms with van der Waals surface area (Å²) in [6.45, 7) is 5.05. The normalized spacial score (nSPS) is 25.1. The average Bonchev–Trinajstić information content (AvgIpc) is 3.01. The van der Waals surface area contributed by atoms with Crippen molar-refractivity contribution in [1.29, 1.82) is 0 Å². The minimum absolute atomic E-state index is 0.218. The van der Waals surface area contributed by atoms with Crippen molar-refractivity contribution < 1.29 is 4.79 Å². The summed E-state index contributed by atoms with van der Waals surface area (Å²) < 4.78 is 0. The Labute approximate surface area is 126 Å². The highest BCUT2D eigenvalue weighted by molar-refractivity contribution is 5.95. The van der Waals surface area contributed by atoms with Crippen molar-refractivity contribution in [1.82, 2.24) is 9.80 Å². The van der Waals surface area contributed by atoms with Crippen LogP contribution in [0.3, 0.4) is 0 Å². The fourth-order valence-corrected chi connectivity index (χ4v) is 3.96. The number of piperazine rings is 1. The maximum Gasteiger partial charge on any atom is 0.253 e. The Kier molecular flexibility index (Phi) is 3.34. The lowest BCUT2D eigenvalue weighted by atomic mass is 9.99. The number of hydrogen-bond donors (Lipinski definition) is 1. The maximum atomic E-state index is 12.8. The van der Waals surface area contributed by atoms with Gasteiger partial charge in [0.2, 0.25) is 0 Å². The van der Waals surface area contributed by atoms with Crippen molar-refractivity contribution in [3.05, 3.63) is 29.3 Å². The molecule has 0 unspecified atom stereocenters. The van der Waals surface area contributed by atoms with E-state index in [0.717, 1.165) is 38.2 Å². The van der Waals surface area contributed by atoms with Crippen LogP contribution in [0.4, 0.5) is 5.69 Å². The van der Waals surface area contributed by atoms with Crippen molar-refractivity contribution in [3.63, 3.8) is 0 Å². The van der Waals surface area contributed by atoms with E-state index in [1.54, 1.807) is 0 Å². The molecule has 1 N–H and O–H groups in total. The number of piperidine rings is 1. The lowest BCUT2D eigenvalue weighted by molar-refractivity contribution is 0.0372. The van der Waals surface area contributed by atoms with Gasteiger partial charge in [-0.05, 0) is 49.6 Å². The quantitative estimate of drug-likeness (QED) is 0.857. The predicted octanol–water partition coefficient (Wildman–Crippen LogP) is 1.96. The van der Waals surface area contributed by atoms with Crippen molar-refractivity contribution >= 4 is 11.6 Å². The number of amides is 1. The number of nitrogens with one attached hydrogen (secondary N) is 1. The summed E-state index contributed by atoms with van der Waals surface area (Å²) in [5, 5.41) is 3.35. The Morgan fingerprint density at radius 3 is 3.10 bits per heavy atom. The van der Waals surface area contributed by atoms with E-state index < -0.39 is 0 Å². The molecule has 1 amide bonds. The Balaban J connectivity index is 1.49. The molecular formula is C17H23N3O. The van der Waals surface area contributed by atoms with Gasteiger partial charge < -0.3 is 10.2 Å². The fourth-order valence-electron chi connectivity index (χ4n) is 3.96. The molecule has 3 aliphatic heterocycles. The minimum atomic E-state index is 0.218. The van der Waals surface area contributed by atoms with Gasteiger partial charge >= 0.3 is 0 Å². The van der Waals surface area contributed by atoms with E-state index in [1.165, 1.54) is 37.1 Å². The maximum absolute atomic E-state index is 12.8. The highest BCUT2D eigenvalue weighted by Crippen LogP contribution is 2.25. The monoisotopic (exact) mass is 285 g/mol. The van der Waals surface area contributed by atoms with Crippen molar-refractivity contribution in [3.8, 4) is 0 Å². The molecule has 2 saturated heterocycles. The summed E-state index contributed by atoms with van der Waals surface area (Å²) in [6, 6.07) is 6.72. The molecule has 0 radical (unpaired) electrons. The second-order valence-corrected chi connectivity index (χ2v) is 6.49. The van der Waals surface area contributed by atoms with Gasteiger partial charge in [0, 0.05) is 43.5 Å². The zero-order valence-corrected chi connectivity index (χ0v) is 12.5. The van der Waals surface area contributed by atoms with Crippen LogP contribution in [0.1, 0.15) is 35.2 Å². The van der Waals surface area contributed by atoms with Crippen molar-refractivity contribution in [2.24, 2.45) is 0 Å². The molecule has 1 aromatic carbocycles. The average molecular weight is 285 g/mol. The first-order chi connectivity index (χ1) is 10.3. The molecule has 3 aliphatic rings. The second kappa shape index (κ2) is 5.34. The molecule has 21 heavy (non-hydrogen) atoms. The molecule has 1 atom stereocenters. The largest absolute Gasteiger partial charge is 0.384 e. The van der Waals surface area contributed by atoms with Crippen molar-refractivity contribution in [2.45, 2.75) is 31.7 Å². The van der Waals surface area contributed by atoms with E-state index in [1.807, 2.05) is 6.07 Å². The van der Waals surface area contributed by atoms with Crippen LogP contribution in [0, 0.1) is 0 Å². The number of nitrogens with zero attached hydrogens (tertiary/aromatic N) is 2. The summed E-state index contributed by atoms with van der Waals surface area (Å²) in [5.41, 5.74) is 3.35. The molecule has 112 valence electrons. The molecule has 3 heterocycles. The van der Waals surface area contributed by atoms with E-state index in [0.29, 0.717) is 6.04 Å². The second-order valence-electron chi connectivity index (χ2n) is 6.49. The first kappa shape index (κ1) is 13.1. The van der Waals surface area contributed by atoms with Crippen LogP contribution < -0.4 is 5.32 Å². The lowest BCUT2D eigenvalue weighted by Crippen LogP contribution is -2.56. The summed E-state index contributed by atoms with van der Waals surface area (Å²) >= 11 is 0. The summed E-state index contributed by atoms with van der Waals surface area (Å²) in [5.74, 6) is 0.218. The van der Waals surface area contributed by atoms with Gasteiger partial charge in [0.25, 0.3) is 5.91 Å². The van der Waals surface area contributed by atoms with Gasteiger partial charge in [0.05, 0.1) is 0 Å². The molecule has 0 aromatic heterocycles. The first-order valence-corrected chi connectivity index (χ1v) is 8.21. The topological polar surface area (TPSA) is 35.6 Å². The fraction of sp³-hybridized carbons (Fsp3) is 0.588. The molecule has 0 bridgehead atoms. The SMILES string of the molecule is O=C(c1ccc2c(c1)CCN2)N1CCN2CCCC[C@@H]2C1. The Morgan fingerprint density at radius 1 is 1.19 bits per heavy atom. The smallest absolute Gasteiger partial charge is 0.253 e. The van der Waals surface area contributed by atoms with Crippen LogP contribution >= 0.6 is 0 Å². The van der Waals surface area contributed by atoms with Gasteiger partial charge in [-0.1, -0.05) is 6.42 Å². The first-order valence-electron chi connectivity index (χ1n) is 8.21. The van der Waals surface area contributed by atoms with Gasteiger partial charge in [-0.2, -0.15) is 0 Å². The lowest BCUT2D eigenvalue weighted by Gasteiger charge is -2.44. The van der Waals surface area contributed by atoms with E-state index in [9.17, 15) is 4.79 Å². The highest BCUT2D eigenvalue weighted by atomic mass is 16.2. The number of rotatable bonds is 1. The van der Waals surface area contributed by atoms with E-state index in [4.69, 9.17) is 0 Å². The summed E-state index contributed by atoms with van der Waals surface area (Å²) in [7, 11) is 0. The van der Waals surface area contributed by atoms with Gasteiger partial charge in [-0.25, -0.2) is 0 Å². The summed E-state index contributed by atoms with van der Waals surface area (Å²) in [6.07, 6.45) is 4.92. The van der Waals surface area contributed by atoms with Gasteiger partial charge in [0.15, 0.2) is 0 Å². The molecule has 1 aromatic rings. The number of anilines is 1. The summed E-state index contributed by atoms with van der Waals surface area (Å²) in [4.78, 5) is 17.4.